The highest BCUT2D eigenvalue weighted by atomic mass is 16.7. The minimum atomic E-state index is -2.93. The summed E-state index contributed by atoms with van der Waals surface area (Å²) in [6.45, 7) is 11.5. The fourth-order valence-electron chi connectivity index (χ4n) is 9.73. The lowest BCUT2D eigenvalue weighted by Crippen LogP contribution is -2.89. The number of carbonyl (C=O) groups excluding carboxylic acids is 9. The second kappa shape index (κ2) is 17.1. The standard InChI is InChI=1S/C42H53NO20/c1-18-19(2)35(50)60-32-30(57-22(5)46)34(59-24(7)48)41(17-54-20(3)44)33(61-37(52)38(9,10)62-25(8)49)29(56-21(4)45)27-31(58-23(6)47)42(41,40(32,12)53)63-39(27,11)16-55-36(51)26-14-13-15-43-28(18)26/h13-15,18-19,27,29-34,53H,16-17H2,1-12H3/t18-,19-,27-,29+,30+,31+,32?,33-,34-,39-,40-,41+,42+/m0/s1. The molecule has 3 heterocycles. The molecule has 5 rings (SSSR count). The van der Waals surface area contributed by atoms with Gasteiger partial charge in [-0.05, 0) is 39.8 Å². The summed E-state index contributed by atoms with van der Waals surface area (Å²) in [5.74, 6) is -13.5. The number of ether oxygens (including phenoxy) is 10. The maximum atomic E-state index is 14.5. The van der Waals surface area contributed by atoms with Crippen LogP contribution in [-0.2, 0) is 85.7 Å². The van der Waals surface area contributed by atoms with Crippen molar-refractivity contribution in [2.75, 3.05) is 13.2 Å². The fourth-order valence-corrected chi connectivity index (χ4v) is 9.73. The first-order valence-electron chi connectivity index (χ1n) is 20.1. The van der Waals surface area contributed by atoms with Crippen LogP contribution in [0.4, 0.5) is 0 Å². The quantitative estimate of drug-likeness (QED) is 0.271. The first-order valence-corrected chi connectivity index (χ1v) is 20.1. The molecular formula is C42H53NO20. The Morgan fingerprint density at radius 3 is 1.89 bits per heavy atom. The SMILES string of the molecule is CC(=O)OC[C@]12[C@@H](OC(=O)C(C)(C)OC(C)=O)[C@H](OC(C)=O)[C@H]3[C@@H](OC(C)=O)[C@]14O[C@@]3(C)COC(=O)c1cccnc1[C@@H](C)[C@H](C)C(=O)OC([C@@H](OC(C)=O)[C@@H]2OC(C)=O)[C@]4(C)O. The van der Waals surface area contributed by atoms with E-state index >= 15 is 0 Å². The van der Waals surface area contributed by atoms with Crippen molar-refractivity contribution in [3.8, 4) is 0 Å². The van der Waals surface area contributed by atoms with Gasteiger partial charge in [0.2, 0.25) is 5.60 Å². The van der Waals surface area contributed by atoms with Crippen molar-refractivity contribution in [3.05, 3.63) is 29.6 Å². The van der Waals surface area contributed by atoms with E-state index in [0.29, 0.717) is 0 Å². The van der Waals surface area contributed by atoms with Gasteiger partial charge >= 0.3 is 53.7 Å². The monoisotopic (exact) mass is 891 g/mol. The highest BCUT2D eigenvalue weighted by Crippen LogP contribution is 2.70. The molecule has 4 bridgehead atoms. The number of nitrogens with zero attached hydrogens (tertiary/aromatic N) is 1. The molecule has 1 spiro atoms. The van der Waals surface area contributed by atoms with Crippen molar-refractivity contribution in [1.29, 1.82) is 0 Å². The van der Waals surface area contributed by atoms with Gasteiger partial charge in [-0.3, -0.25) is 38.5 Å². The minimum Gasteiger partial charge on any atom is -0.465 e. The first kappa shape index (κ1) is 48.3. The van der Waals surface area contributed by atoms with Gasteiger partial charge in [-0.25, -0.2) is 9.59 Å². The average Bonchev–Trinajstić information content (AvgIpc) is 3.38. The topological polar surface area (TPSA) is 279 Å². The summed E-state index contributed by atoms with van der Waals surface area (Å²) in [6, 6.07) is 2.85. The zero-order chi connectivity index (χ0) is 47.4. The normalized spacial score (nSPS) is 35.9. The van der Waals surface area contributed by atoms with Gasteiger partial charge in [-0.15, -0.1) is 0 Å². The van der Waals surface area contributed by atoms with E-state index in [1.807, 2.05) is 0 Å². The summed E-state index contributed by atoms with van der Waals surface area (Å²) in [5, 5.41) is 13.6. The Labute approximate surface area is 362 Å². The third-order valence-corrected chi connectivity index (χ3v) is 12.3. The second-order valence-electron chi connectivity index (χ2n) is 17.2. The molecule has 21 nitrogen and oxygen atoms in total. The lowest BCUT2D eigenvalue weighted by atomic mass is 9.45. The Hall–Kier alpha value is -5.70. The molecule has 0 radical (unpaired) electrons. The minimum absolute atomic E-state index is 0.0823. The van der Waals surface area contributed by atoms with E-state index in [-0.39, 0.29) is 11.3 Å². The van der Waals surface area contributed by atoms with Gasteiger partial charge in [0.25, 0.3) is 0 Å². The van der Waals surface area contributed by atoms with Gasteiger partial charge < -0.3 is 52.5 Å². The summed E-state index contributed by atoms with van der Waals surface area (Å²) in [7, 11) is 0. The Morgan fingerprint density at radius 2 is 1.33 bits per heavy atom. The number of carbonyl (C=O) groups is 9. The number of cyclic esters (lactones) is 1. The lowest BCUT2D eigenvalue weighted by molar-refractivity contribution is -0.387. The molecule has 63 heavy (non-hydrogen) atoms. The van der Waals surface area contributed by atoms with Crippen molar-refractivity contribution >= 4 is 53.7 Å². The number of esters is 9. The Balaban J connectivity index is 2.04. The first-order chi connectivity index (χ1) is 29.1. The maximum absolute atomic E-state index is 14.5. The number of hydrogen-bond acceptors (Lipinski definition) is 21. The molecule has 2 saturated carbocycles. The Bertz CT molecular complexity index is 2080. The van der Waals surface area contributed by atoms with Crippen LogP contribution >= 0.6 is 0 Å². The summed E-state index contributed by atoms with van der Waals surface area (Å²) in [6.07, 6.45) is -11.4. The molecular weight excluding hydrogens is 838 g/mol. The van der Waals surface area contributed by atoms with E-state index in [1.54, 1.807) is 6.92 Å². The molecule has 2 aliphatic heterocycles. The number of fused-ring (bicyclic) bond motifs is 5. The summed E-state index contributed by atoms with van der Waals surface area (Å²) in [5.41, 5.74) is -12.9. The molecule has 3 fully saturated rings. The zero-order valence-electron chi connectivity index (χ0n) is 37.0. The zero-order valence-corrected chi connectivity index (χ0v) is 37.0. The molecule has 0 amide bonds. The number of aliphatic hydroxyl groups is 1. The Kier molecular flexibility index (Phi) is 13.1. The molecule has 4 aliphatic rings. The van der Waals surface area contributed by atoms with Gasteiger partial charge in [0, 0.05) is 53.7 Å². The Morgan fingerprint density at radius 1 is 0.778 bits per heavy atom. The van der Waals surface area contributed by atoms with E-state index in [2.05, 4.69) is 4.98 Å². The van der Waals surface area contributed by atoms with Crippen LogP contribution in [-0.4, -0.2) is 136 Å². The largest absolute Gasteiger partial charge is 0.465 e. The van der Waals surface area contributed by atoms with Crippen LogP contribution in [0.3, 0.4) is 0 Å². The van der Waals surface area contributed by atoms with E-state index in [1.165, 1.54) is 32.2 Å². The predicted octanol–water partition coefficient (Wildman–Crippen LogP) is 1.36. The van der Waals surface area contributed by atoms with Crippen LogP contribution in [0.15, 0.2) is 18.3 Å². The van der Waals surface area contributed by atoms with Crippen LogP contribution in [0.5, 0.6) is 0 Å². The van der Waals surface area contributed by atoms with Gasteiger partial charge in [0.15, 0.2) is 30.0 Å². The van der Waals surface area contributed by atoms with E-state index in [9.17, 15) is 48.3 Å². The highest BCUT2D eigenvalue weighted by molar-refractivity contribution is 5.91. The average molecular weight is 892 g/mol. The van der Waals surface area contributed by atoms with Crippen molar-refractivity contribution < 1.29 is 95.6 Å². The van der Waals surface area contributed by atoms with Gasteiger partial charge in [-0.1, -0.05) is 13.8 Å². The van der Waals surface area contributed by atoms with Crippen molar-refractivity contribution in [2.24, 2.45) is 17.3 Å². The lowest BCUT2D eigenvalue weighted by Gasteiger charge is -2.67. The highest BCUT2D eigenvalue weighted by Gasteiger charge is 2.92. The number of hydrogen-bond donors (Lipinski definition) is 1. The third kappa shape index (κ3) is 8.20. The smallest absolute Gasteiger partial charge is 0.350 e. The van der Waals surface area contributed by atoms with E-state index < -0.39 is 149 Å². The molecule has 0 aromatic carbocycles. The van der Waals surface area contributed by atoms with Gasteiger partial charge in [-0.2, -0.15) is 0 Å². The molecule has 1 aromatic rings. The molecule has 2 aliphatic carbocycles. The van der Waals surface area contributed by atoms with Crippen LogP contribution in [0.25, 0.3) is 0 Å². The van der Waals surface area contributed by atoms with Crippen molar-refractivity contribution in [2.45, 2.75) is 148 Å². The molecule has 13 atom stereocenters. The van der Waals surface area contributed by atoms with Gasteiger partial charge in [0.1, 0.15) is 42.0 Å². The number of pyridine rings is 1. The van der Waals surface area contributed by atoms with Crippen LogP contribution in [0, 0.1) is 17.3 Å². The van der Waals surface area contributed by atoms with E-state index in [0.717, 1.165) is 62.3 Å². The summed E-state index contributed by atoms with van der Waals surface area (Å²) in [4.78, 5) is 126. The van der Waals surface area contributed by atoms with Crippen LogP contribution < -0.4 is 0 Å². The second-order valence-corrected chi connectivity index (χ2v) is 17.2. The fraction of sp³-hybridized carbons (Fsp3) is 0.667. The maximum Gasteiger partial charge on any atom is 0.350 e. The van der Waals surface area contributed by atoms with Crippen LogP contribution in [0.2, 0.25) is 0 Å². The summed E-state index contributed by atoms with van der Waals surface area (Å²) >= 11 is 0. The van der Waals surface area contributed by atoms with Crippen LogP contribution in [0.1, 0.15) is 105 Å². The molecule has 346 valence electrons. The molecule has 21 heteroatoms. The molecule has 1 saturated heterocycles. The third-order valence-electron chi connectivity index (χ3n) is 12.3. The molecule has 1 unspecified atom stereocenters. The summed E-state index contributed by atoms with van der Waals surface area (Å²) < 4.78 is 60.3. The van der Waals surface area contributed by atoms with Crippen molar-refractivity contribution in [1.82, 2.24) is 4.98 Å². The number of rotatable bonds is 9. The van der Waals surface area contributed by atoms with Gasteiger partial charge in [0.05, 0.1) is 23.1 Å². The van der Waals surface area contributed by atoms with E-state index in [4.69, 9.17) is 47.4 Å². The number of aromatic nitrogens is 1. The molecule has 1 N–H and O–H groups in total. The van der Waals surface area contributed by atoms with Crippen molar-refractivity contribution in [3.63, 3.8) is 0 Å². The predicted molar refractivity (Wildman–Crippen MR) is 205 cm³/mol. The molecule has 1 aromatic heterocycles.